The molecular formula is C19H15ClF3NO. The van der Waals surface area contributed by atoms with E-state index in [4.69, 9.17) is 11.6 Å². The number of halogens is 4. The van der Waals surface area contributed by atoms with Gasteiger partial charge >= 0.3 is 6.18 Å². The number of hydrogen-bond acceptors (Lipinski definition) is 1. The summed E-state index contributed by atoms with van der Waals surface area (Å²) in [4.78, 5) is 12.1. The standard InChI is InChI=1S/C19H15ClF3NO/c1-12(14-3-7-16(8-4-14)19(21,22)23)11-13(2)24-18(25)15-5-9-17(20)10-6-15/h3-11H,1H2,2H3,(H,24,25)/b13-11+. The van der Waals surface area contributed by atoms with Crippen LogP contribution in [0, 0.1) is 0 Å². The van der Waals surface area contributed by atoms with Gasteiger partial charge < -0.3 is 5.32 Å². The highest BCUT2D eigenvalue weighted by atomic mass is 35.5. The lowest BCUT2D eigenvalue weighted by atomic mass is 10.0. The molecule has 1 amide bonds. The summed E-state index contributed by atoms with van der Waals surface area (Å²) in [5.74, 6) is -0.314. The first-order valence-electron chi connectivity index (χ1n) is 7.28. The third kappa shape index (κ3) is 5.22. The third-order valence-electron chi connectivity index (χ3n) is 3.39. The lowest BCUT2D eigenvalue weighted by Crippen LogP contribution is -2.21. The maximum atomic E-state index is 12.6. The predicted octanol–water partition coefficient (Wildman–Crippen LogP) is 5.71. The minimum atomic E-state index is -4.38. The van der Waals surface area contributed by atoms with E-state index in [0.717, 1.165) is 12.1 Å². The van der Waals surface area contributed by atoms with E-state index in [9.17, 15) is 18.0 Å². The molecule has 130 valence electrons. The minimum Gasteiger partial charge on any atom is -0.326 e. The second-order valence-electron chi connectivity index (χ2n) is 5.39. The number of nitrogens with one attached hydrogen (secondary N) is 1. The van der Waals surface area contributed by atoms with E-state index in [1.165, 1.54) is 12.1 Å². The molecule has 2 aromatic rings. The molecular weight excluding hydrogens is 351 g/mol. The summed E-state index contributed by atoms with van der Waals surface area (Å²) >= 11 is 5.77. The van der Waals surface area contributed by atoms with E-state index in [1.54, 1.807) is 37.3 Å². The molecule has 2 rings (SSSR count). The van der Waals surface area contributed by atoms with Crippen LogP contribution in [0.5, 0.6) is 0 Å². The fraction of sp³-hybridized carbons (Fsp3) is 0.105. The monoisotopic (exact) mass is 365 g/mol. The van der Waals surface area contributed by atoms with Crippen LogP contribution in [0.1, 0.15) is 28.4 Å². The van der Waals surface area contributed by atoms with Crippen LogP contribution in [0.3, 0.4) is 0 Å². The van der Waals surface area contributed by atoms with Gasteiger partial charge in [-0.2, -0.15) is 13.2 Å². The number of alkyl halides is 3. The molecule has 0 radical (unpaired) electrons. The molecule has 0 saturated carbocycles. The Labute approximate surface area is 148 Å². The molecule has 2 aromatic carbocycles. The van der Waals surface area contributed by atoms with Crippen molar-refractivity contribution >= 4 is 23.1 Å². The smallest absolute Gasteiger partial charge is 0.326 e. The van der Waals surface area contributed by atoms with Crippen LogP contribution < -0.4 is 5.32 Å². The molecule has 0 heterocycles. The largest absolute Gasteiger partial charge is 0.416 e. The Balaban J connectivity index is 2.07. The molecule has 6 heteroatoms. The normalized spacial score (nSPS) is 12.0. The molecule has 0 aliphatic carbocycles. The molecule has 1 N–H and O–H groups in total. The maximum absolute atomic E-state index is 12.6. The van der Waals surface area contributed by atoms with Gasteiger partial charge in [-0.25, -0.2) is 0 Å². The molecule has 0 fully saturated rings. The van der Waals surface area contributed by atoms with Crippen LogP contribution in [0.4, 0.5) is 13.2 Å². The molecule has 0 bridgehead atoms. The van der Waals surface area contributed by atoms with Gasteiger partial charge in [-0.05, 0) is 60.5 Å². The number of allylic oxidation sites excluding steroid dienone is 3. The van der Waals surface area contributed by atoms with Crippen molar-refractivity contribution in [3.05, 3.63) is 88.6 Å². The Hall–Kier alpha value is -2.53. The first kappa shape index (κ1) is 18.8. The van der Waals surface area contributed by atoms with Gasteiger partial charge in [0.1, 0.15) is 0 Å². The quantitative estimate of drug-likeness (QED) is 0.691. The summed E-state index contributed by atoms with van der Waals surface area (Å²) in [7, 11) is 0. The van der Waals surface area contributed by atoms with Gasteiger partial charge in [0.15, 0.2) is 0 Å². The van der Waals surface area contributed by atoms with Crippen molar-refractivity contribution in [2.75, 3.05) is 0 Å². The Morgan fingerprint density at radius 1 is 1.04 bits per heavy atom. The Morgan fingerprint density at radius 3 is 2.08 bits per heavy atom. The lowest BCUT2D eigenvalue weighted by molar-refractivity contribution is -0.137. The topological polar surface area (TPSA) is 29.1 Å². The zero-order valence-electron chi connectivity index (χ0n) is 13.3. The average Bonchev–Trinajstić information content (AvgIpc) is 2.54. The van der Waals surface area contributed by atoms with E-state index in [1.807, 2.05) is 0 Å². The SMILES string of the molecule is C=C(/C=C(\C)NC(=O)c1ccc(Cl)cc1)c1ccc(C(F)(F)F)cc1. The van der Waals surface area contributed by atoms with Crippen molar-refractivity contribution in [2.24, 2.45) is 0 Å². The van der Waals surface area contributed by atoms with Crippen molar-refractivity contribution in [1.29, 1.82) is 0 Å². The van der Waals surface area contributed by atoms with Crippen molar-refractivity contribution < 1.29 is 18.0 Å². The zero-order chi connectivity index (χ0) is 18.6. The summed E-state index contributed by atoms with van der Waals surface area (Å²) in [5, 5.41) is 3.22. The molecule has 0 spiro atoms. The van der Waals surface area contributed by atoms with E-state index >= 15 is 0 Å². The second-order valence-corrected chi connectivity index (χ2v) is 5.83. The highest BCUT2D eigenvalue weighted by Crippen LogP contribution is 2.30. The highest BCUT2D eigenvalue weighted by molar-refractivity contribution is 6.30. The molecule has 0 saturated heterocycles. The van der Waals surface area contributed by atoms with Crippen LogP contribution in [-0.4, -0.2) is 5.91 Å². The third-order valence-corrected chi connectivity index (χ3v) is 3.64. The predicted molar refractivity (Wildman–Crippen MR) is 93.2 cm³/mol. The van der Waals surface area contributed by atoms with Gasteiger partial charge in [-0.3, -0.25) is 4.79 Å². The number of benzene rings is 2. The van der Waals surface area contributed by atoms with Gasteiger partial charge in [0.2, 0.25) is 0 Å². The lowest BCUT2D eigenvalue weighted by Gasteiger charge is -2.09. The van der Waals surface area contributed by atoms with Crippen molar-refractivity contribution in [2.45, 2.75) is 13.1 Å². The summed E-state index contributed by atoms with van der Waals surface area (Å²) in [6.07, 6.45) is -2.78. The number of rotatable bonds is 4. The van der Waals surface area contributed by atoms with Crippen molar-refractivity contribution in [3.8, 4) is 0 Å². The number of hydrogen-bond donors (Lipinski definition) is 1. The van der Waals surface area contributed by atoms with E-state index in [2.05, 4.69) is 11.9 Å². The Bertz CT molecular complexity index is 806. The van der Waals surface area contributed by atoms with E-state index in [0.29, 0.717) is 27.4 Å². The molecule has 0 aliphatic heterocycles. The summed E-state index contributed by atoms with van der Waals surface area (Å²) < 4.78 is 37.7. The molecule has 0 aliphatic rings. The van der Waals surface area contributed by atoms with Crippen LogP contribution >= 0.6 is 11.6 Å². The maximum Gasteiger partial charge on any atom is 0.416 e. The van der Waals surface area contributed by atoms with Crippen molar-refractivity contribution in [3.63, 3.8) is 0 Å². The summed E-state index contributed by atoms with van der Waals surface area (Å²) in [5.41, 5.74) is 1.26. The Morgan fingerprint density at radius 2 is 1.56 bits per heavy atom. The highest BCUT2D eigenvalue weighted by Gasteiger charge is 2.29. The van der Waals surface area contributed by atoms with Crippen LogP contribution in [0.15, 0.2) is 66.9 Å². The fourth-order valence-electron chi connectivity index (χ4n) is 2.11. The van der Waals surface area contributed by atoms with Crippen molar-refractivity contribution in [1.82, 2.24) is 5.32 Å². The molecule has 25 heavy (non-hydrogen) atoms. The average molecular weight is 366 g/mol. The number of carbonyl (C=O) groups excluding carboxylic acids is 1. The number of amides is 1. The molecule has 0 unspecified atom stereocenters. The second kappa shape index (κ2) is 7.57. The van der Waals surface area contributed by atoms with Gasteiger partial charge in [0.25, 0.3) is 5.91 Å². The van der Waals surface area contributed by atoms with E-state index in [-0.39, 0.29) is 5.91 Å². The van der Waals surface area contributed by atoms with Crippen LogP contribution in [-0.2, 0) is 6.18 Å². The van der Waals surface area contributed by atoms with Gasteiger partial charge in [-0.1, -0.05) is 30.3 Å². The number of carbonyl (C=O) groups is 1. The first-order chi connectivity index (χ1) is 11.7. The van der Waals surface area contributed by atoms with Gasteiger partial charge in [-0.15, -0.1) is 0 Å². The van der Waals surface area contributed by atoms with Gasteiger partial charge in [0.05, 0.1) is 5.56 Å². The van der Waals surface area contributed by atoms with Crippen LogP contribution in [0.2, 0.25) is 5.02 Å². The van der Waals surface area contributed by atoms with Crippen LogP contribution in [0.25, 0.3) is 5.57 Å². The fourth-order valence-corrected chi connectivity index (χ4v) is 2.23. The molecule has 2 nitrogen and oxygen atoms in total. The first-order valence-corrected chi connectivity index (χ1v) is 7.66. The summed E-state index contributed by atoms with van der Waals surface area (Å²) in [6, 6.07) is 11.1. The van der Waals surface area contributed by atoms with Gasteiger partial charge in [0, 0.05) is 16.3 Å². The minimum absolute atomic E-state index is 0.314. The zero-order valence-corrected chi connectivity index (χ0v) is 14.1. The molecule has 0 aromatic heterocycles. The summed E-state index contributed by atoms with van der Waals surface area (Å²) in [6.45, 7) is 5.49. The molecule has 0 atom stereocenters. The van der Waals surface area contributed by atoms with E-state index < -0.39 is 11.7 Å². The Kier molecular flexibility index (Phi) is 5.69.